The summed E-state index contributed by atoms with van der Waals surface area (Å²) in [5.74, 6) is 1.35. The molecule has 0 aromatic carbocycles. The third-order valence-corrected chi connectivity index (χ3v) is 11.6. The van der Waals surface area contributed by atoms with E-state index in [-0.39, 0.29) is 34.4 Å². The monoisotopic (exact) mass is 461 g/mol. The lowest BCUT2D eigenvalue weighted by molar-refractivity contribution is -0.147. The molecule has 0 amide bonds. The van der Waals surface area contributed by atoms with Crippen molar-refractivity contribution in [2.24, 2.45) is 51.2 Å². The minimum absolute atomic E-state index is 0.0133. The Kier molecular flexibility index (Phi) is 5.41. The summed E-state index contributed by atoms with van der Waals surface area (Å²) in [5, 5.41) is 9.72. The molecule has 0 aromatic rings. The molecule has 34 heavy (non-hydrogen) atoms. The Balaban J connectivity index is 1.62. The summed E-state index contributed by atoms with van der Waals surface area (Å²) in [6.07, 6.45) is 14.6. The minimum Gasteiger partial charge on any atom is -0.295 e. The molecule has 5 rings (SSSR count). The Hall–Kier alpha value is -1.69. The van der Waals surface area contributed by atoms with E-state index in [1.807, 2.05) is 19.1 Å². The number of fused-ring (bicyclic) bond motifs is 7. The molecule has 0 bridgehead atoms. The van der Waals surface area contributed by atoms with Crippen molar-refractivity contribution in [3.8, 4) is 6.07 Å². The Morgan fingerprint density at radius 3 is 2.38 bits per heavy atom. The highest BCUT2D eigenvalue weighted by atomic mass is 16.1. The first-order chi connectivity index (χ1) is 15.9. The lowest BCUT2D eigenvalue weighted by Gasteiger charge is -2.64. The van der Waals surface area contributed by atoms with Crippen LogP contribution in [0, 0.1) is 62.6 Å². The summed E-state index contributed by atoms with van der Waals surface area (Å²) in [5.41, 5.74) is 1.76. The van der Waals surface area contributed by atoms with Gasteiger partial charge in [-0.1, -0.05) is 59.6 Å². The van der Waals surface area contributed by atoms with E-state index in [4.69, 9.17) is 0 Å². The van der Waals surface area contributed by atoms with Crippen LogP contribution in [0.15, 0.2) is 23.3 Å². The summed E-state index contributed by atoms with van der Waals surface area (Å²) < 4.78 is 0. The van der Waals surface area contributed by atoms with Crippen molar-refractivity contribution in [2.75, 3.05) is 0 Å². The van der Waals surface area contributed by atoms with Gasteiger partial charge in [0.25, 0.3) is 0 Å². The molecule has 0 spiro atoms. The molecule has 8 unspecified atom stereocenters. The van der Waals surface area contributed by atoms with Crippen LogP contribution in [-0.4, -0.2) is 11.6 Å². The average Bonchev–Trinajstić information content (AvgIpc) is 2.78. The largest absolute Gasteiger partial charge is 0.295 e. The van der Waals surface area contributed by atoms with Crippen LogP contribution in [0.1, 0.15) is 99.3 Å². The molecule has 3 nitrogen and oxygen atoms in total. The second-order valence-electron chi connectivity index (χ2n) is 13.9. The van der Waals surface area contributed by atoms with E-state index in [2.05, 4.69) is 40.7 Å². The zero-order valence-electron chi connectivity index (χ0n) is 22.2. The first kappa shape index (κ1) is 24.0. The highest BCUT2D eigenvalue weighted by Gasteiger charge is 2.64. The van der Waals surface area contributed by atoms with Gasteiger partial charge < -0.3 is 0 Å². The number of carbonyl (C=O) groups is 2. The van der Waals surface area contributed by atoms with Gasteiger partial charge in [-0.25, -0.2) is 0 Å². The van der Waals surface area contributed by atoms with Crippen LogP contribution in [0.5, 0.6) is 0 Å². The number of rotatable bonds is 2. The van der Waals surface area contributed by atoms with E-state index in [0.29, 0.717) is 34.0 Å². The standard InChI is InChI=1S/C31H43NO2/c1-7-10-31-12-9-22-26(23(31)17-28(3,4)13-14-31)24(33)15-25-29(22,5)11-8-21-19(2)27(34)20(18-32)16-30(21,25)6/h15-16,19,21-23,26H,7-14,17H2,1-6H3. The van der Waals surface area contributed by atoms with Crippen molar-refractivity contribution in [3.63, 3.8) is 0 Å². The Morgan fingerprint density at radius 2 is 1.71 bits per heavy atom. The fraction of sp³-hybridized carbons (Fsp3) is 0.774. The fourth-order valence-electron chi connectivity index (χ4n) is 9.94. The van der Waals surface area contributed by atoms with Crippen molar-refractivity contribution >= 4 is 11.6 Å². The molecular formula is C31H43NO2. The van der Waals surface area contributed by atoms with E-state index in [1.54, 1.807) is 0 Å². The molecule has 3 heteroatoms. The van der Waals surface area contributed by atoms with Crippen molar-refractivity contribution < 1.29 is 9.59 Å². The quantitative estimate of drug-likeness (QED) is 0.436. The van der Waals surface area contributed by atoms with E-state index in [0.717, 1.165) is 19.3 Å². The molecule has 184 valence electrons. The minimum atomic E-state index is -0.379. The molecule has 0 aliphatic heterocycles. The molecule has 3 saturated carbocycles. The number of nitriles is 1. The zero-order chi connectivity index (χ0) is 24.7. The van der Waals surface area contributed by atoms with Gasteiger partial charge in [0.15, 0.2) is 11.6 Å². The van der Waals surface area contributed by atoms with Gasteiger partial charge in [-0.3, -0.25) is 9.59 Å². The van der Waals surface area contributed by atoms with Crippen LogP contribution < -0.4 is 0 Å². The van der Waals surface area contributed by atoms with E-state index < -0.39 is 0 Å². The average molecular weight is 462 g/mol. The summed E-state index contributed by atoms with van der Waals surface area (Å²) in [6.45, 7) is 13.8. The van der Waals surface area contributed by atoms with Crippen LogP contribution >= 0.6 is 0 Å². The first-order valence-electron chi connectivity index (χ1n) is 13.9. The SMILES string of the molecule is CCCC12CCC3C(C(=O)C=C4C5(C)C=C(C#N)C(=O)C(C)C5CCC43C)C1CC(C)(C)CC2. The third-order valence-electron chi connectivity index (χ3n) is 11.6. The fourth-order valence-corrected chi connectivity index (χ4v) is 9.94. The summed E-state index contributed by atoms with van der Waals surface area (Å²) >= 11 is 0. The second kappa shape index (κ2) is 7.65. The molecule has 5 aliphatic carbocycles. The second-order valence-corrected chi connectivity index (χ2v) is 13.9. The molecule has 8 atom stereocenters. The van der Waals surface area contributed by atoms with Crippen LogP contribution in [0.25, 0.3) is 0 Å². The molecular weight excluding hydrogens is 418 g/mol. The molecule has 0 heterocycles. The number of allylic oxidation sites excluding steroid dienone is 4. The maximum absolute atomic E-state index is 14.1. The van der Waals surface area contributed by atoms with E-state index in [1.165, 1.54) is 44.1 Å². The summed E-state index contributed by atoms with van der Waals surface area (Å²) in [7, 11) is 0. The number of hydrogen-bond donors (Lipinski definition) is 0. The van der Waals surface area contributed by atoms with Gasteiger partial charge in [0.1, 0.15) is 6.07 Å². The van der Waals surface area contributed by atoms with E-state index in [9.17, 15) is 14.9 Å². The van der Waals surface area contributed by atoms with Crippen LogP contribution in [-0.2, 0) is 9.59 Å². The van der Waals surface area contributed by atoms with Crippen molar-refractivity contribution in [3.05, 3.63) is 23.3 Å². The van der Waals surface area contributed by atoms with Crippen molar-refractivity contribution in [2.45, 2.75) is 99.3 Å². The van der Waals surface area contributed by atoms with Gasteiger partial charge in [-0.2, -0.15) is 5.26 Å². The predicted molar refractivity (Wildman–Crippen MR) is 135 cm³/mol. The normalized spacial score (nSPS) is 47.3. The van der Waals surface area contributed by atoms with Gasteiger partial charge in [-0.05, 0) is 91.4 Å². The predicted octanol–water partition coefficient (Wildman–Crippen LogP) is 7.23. The topological polar surface area (TPSA) is 57.9 Å². The maximum Gasteiger partial charge on any atom is 0.176 e. The molecule has 0 saturated heterocycles. The third kappa shape index (κ3) is 3.12. The smallest absolute Gasteiger partial charge is 0.176 e. The maximum atomic E-state index is 14.1. The van der Waals surface area contributed by atoms with Crippen LogP contribution in [0.2, 0.25) is 0 Å². The van der Waals surface area contributed by atoms with Gasteiger partial charge in [0, 0.05) is 17.3 Å². The van der Waals surface area contributed by atoms with Gasteiger partial charge in [0.2, 0.25) is 0 Å². The molecule has 5 aliphatic rings. The lowest BCUT2D eigenvalue weighted by Crippen LogP contribution is -2.59. The van der Waals surface area contributed by atoms with Gasteiger partial charge >= 0.3 is 0 Å². The molecule has 3 fully saturated rings. The number of nitrogens with zero attached hydrogens (tertiary/aromatic N) is 1. The number of ketones is 2. The Morgan fingerprint density at radius 1 is 1.00 bits per heavy atom. The summed E-state index contributed by atoms with van der Waals surface area (Å²) in [6, 6.07) is 2.18. The highest BCUT2D eigenvalue weighted by Crippen LogP contribution is 2.70. The van der Waals surface area contributed by atoms with Gasteiger partial charge in [-0.15, -0.1) is 0 Å². The molecule has 0 N–H and O–H groups in total. The van der Waals surface area contributed by atoms with Crippen LogP contribution in [0.4, 0.5) is 0 Å². The number of carbonyl (C=O) groups excluding carboxylic acids is 2. The first-order valence-corrected chi connectivity index (χ1v) is 13.9. The molecule has 0 aromatic heterocycles. The van der Waals surface area contributed by atoms with Crippen molar-refractivity contribution in [1.29, 1.82) is 5.26 Å². The number of Topliss-reactive ketones (excluding diaryl/α,β-unsaturated/α-hetero) is 1. The lowest BCUT2D eigenvalue weighted by atomic mass is 9.39. The van der Waals surface area contributed by atoms with Crippen molar-refractivity contribution in [1.82, 2.24) is 0 Å². The summed E-state index contributed by atoms with van der Waals surface area (Å²) in [4.78, 5) is 26.9. The Labute approximate surface area is 206 Å². The zero-order valence-corrected chi connectivity index (χ0v) is 22.2. The van der Waals surface area contributed by atoms with Crippen LogP contribution in [0.3, 0.4) is 0 Å². The highest BCUT2D eigenvalue weighted by molar-refractivity contribution is 6.02. The van der Waals surface area contributed by atoms with Gasteiger partial charge in [0.05, 0.1) is 5.57 Å². The number of hydrogen-bond acceptors (Lipinski definition) is 3. The Bertz CT molecular complexity index is 1030. The van der Waals surface area contributed by atoms with E-state index >= 15 is 0 Å². The molecule has 0 radical (unpaired) electrons.